The Balaban J connectivity index is 1.86. The van der Waals surface area contributed by atoms with Gasteiger partial charge in [-0.1, -0.05) is 44.2 Å². The molecule has 0 bridgehead atoms. The number of ether oxygens (including phenoxy) is 1. The van der Waals surface area contributed by atoms with Gasteiger partial charge in [0.05, 0.1) is 24.0 Å². The van der Waals surface area contributed by atoms with E-state index in [-0.39, 0.29) is 18.4 Å². The summed E-state index contributed by atoms with van der Waals surface area (Å²) in [5.41, 5.74) is 3.69. The zero-order valence-electron chi connectivity index (χ0n) is 17.7. The van der Waals surface area contributed by atoms with Crippen LogP contribution in [0, 0.1) is 0 Å². The van der Waals surface area contributed by atoms with Gasteiger partial charge in [-0.3, -0.25) is 4.79 Å². The second-order valence-corrected chi connectivity index (χ2v) is 9.76. The van der Waals surface area contributed by atoms with Gasteiger partial charge in [-0.2, -0.15) is 4.31 Å². The zero-order valence-corrected chi connectivity index (χ0v) is 18.5. The number of sulfonamides is 1. The molecule has 1 unspecified atom stereocenters. The maximum atomic E-state index is 13.0. The van der Waals surface area contributed by atoms with Crippen LogP contribution in [-0.4, -0.2) is 50.1 Å². The van der Waals surface area contributed by atoms with Gasteiger partial charge in [0.1, 0.15) is 0 Å². The van der Waals surface area contributed by atoms with Gasteiger partial charge >= 0.3 is 5.97 Å². The van der Waals surface area contributed by atoms with Crippen LogP contribution in [0.1, 0.15) is 43.7 Å². The molecule has 2 aromatic carbocycles. The van der Waals surface area contributed by atoms with Crippen molar-refractivity contribution in [2.45, 2.75) is 50.0 Å². The van der Waals surface area contributed by atoms with Gasteiger partial charge in [-0.15, -0.1) is 0 Å². The number of carboxylic acid groups (broad SMARTS) is 1. The van der Waals surface area contributed by atoms with E-state index in [4.69, 9.17) is 9.84 Å². The Morgan fingerprint density at radius 2 is 1.80 bits per heavy atom. The molecule has 3 rings (SSSR count). The average Bonchev–Trinajstić information content (AvgIpc) is 3.55. The van der Waals surface area contributed by atoms with Crippen molar-refractivity contribution in [2.24, 2.45) is 0 Å². The van der Waals surface area contributed by atoms with Crippen molar-refractivity contribution in [3.8, 4) is 11.1 Å². The number of hydrogen-bond acceptors (Lipinski definition) is 4. The first-order valence-corrected chi connectivity index (χ1v) is 11.7. The van der Waals surface area contributed by atoms with E-state index >= 15 is 0 Å². The lowest BCUT2D eigenvalue weighted by atomic mass is 9.91. The first-order valence-electron chi connectivity index (χ1n) is 10.3. The van der Waals surface area contributed by atoms with Crippen LogP contribution >= 0.6 is 0 Å². The molecular weight excluding hydrogens is 402 g/mol. The van der Waals surface area contributed by atoms with Gasteiger partial charge in [0.2, 0.25) is 10.0 Å². The average molecular weight is 432 g/mol. The summed E-state index contributed by atoms with van der Waals surface area (Å²) in [7, 11) is -1.98. The Hall–Kier alpha value is -2.22. The van der Waals surface area contributed by atoms with E-state index in [1.165, 1.54) is 4.31 Å². The predicted octanol–water partition coefficient (Wildman–Crippen LogP) is 3.90. The van der Waals surface area contributed by atoms with E-state index in [1.807, 2.05) is 50.2 Å². The van der Waals surface area contributed by atoms with Crippen molar-refractivity contribution in [2.75, 3.05) is 20.2 Å². The molecular formula is C23H29NO5S. The van der Waals surface area contributed by atoms with E-state index < -0.39 is 16.0 Å². The number of likely N-dealkylation sites (N-methyl/N-ethyl adjacent to an activating group) is 1. The monoisotopic (exact) mass is 431 g/mol. The predicted molar refractivity (Wildman–Crippen MR) is 116 cm³/mol. The topological polar surface area (TPSA) is 87.2 Å². The first-order chi connectivity index (χ1) is 14.3. The van der Waals surface area contributed by atoms with Gasteiger partial charge in [0.25, 0.3) is 0 Å². The molecule has 0 radical (unpaired) electrons. The molecule has 1 fully saturated rings. The number of benzene rings is 2. The number of carboxylic acids is 1. The van der Waals surface area contributed by atoms with Gasteiger partial charge < -0.3 is 9.84 Å². The molecule has 0 amide bonds. The minimum absolute atomic E-state index is 0.000660. The van der Waals surface area contributed by atoms with Crippen molar-refractivity contribution in [1.29, 1.82) is 0 Å². The third-order valence-corrected chi connectivity index (χ3v) is 7.55. The van der Waals surface area contributed by atoms with Crippen LogP contribution in [0.15, 0.2) is 47.4 Å². The lowest BCUT2D eigenvalue weighted by Crippen LogP contribution is -2.31. The molecule has 1 aliphatic rings. The SMILES string of the molecule is CCc1cc(-c2ccc([C@@H](CC)CC(=O)O)cc2)ccc1S(=O)(=O)N(C)CC1CO1. The Morgan fingerprint density at radius 1 is 1.17 bits per heavy atom. The number of aliphatic carboxylic acids is 1. The summed E-state index contributed by atoms with van der Waals surface area (Å²) in [5, 5.41) is 9.09. The van der Waals surface area contributed by atoms with E-state index in [1.54, 1.807) is 13.1 Å². The highest BCUT2D eigenvalue weighted by Crippen LogP contribution is 2.30. The van der Waals surface area contributed by atoms with Crippen LogP contribution in [0.5, 0.6) is 0 Å². The van der Waals surface area contributed by atoms with Crippen LogP contribution in [0.3, 0.4) is 0 Å². The van der Waals surface area contributed by atoms with Gasteiger partial charge in [-0.25, -0.2) is 8.42 Å². The van der Waals surface area contributed by atoms with Gasteiger partial charge in [0.15, 0.2) is 0 Å². The first kappa shape index (κ1) is 22.5. The van der Waals surface area contributed by atoms with Crippen LogP contribution in [0.25, 0.3) is 11.1 Å². The summed E-state index contributed by atoms with van der Waals surface area (Å²) in [6.45, 7) is 4.91. The third-order valence-electron chi connectivity index (χ3n) is 5.62. The molecule has 0 aromatic heterocycles. The van der Waals surface area contributed by atoms with E-state index in [0.717, 1.165) is 28.7 Å². The van der Waals surface area contributed by atoms with Crippen LogP contribution in [0.4, 0.5) is 0 Å². The summed E-state index contributed by atoms with van der Waals surface area (Å²) in [6.07, 6.45) is 1.48. The highest BCUT2D eigenvalue weighted by molar-refractivity contribution is 7.89. The molecule has 2 atom stereocenters. The van der Waals surface area contributed by atoms with Crippen LogP contribution in [-0.2, 0) is 26.0 Å². The quantitative estimate of drug-likeness (QED) is 0.577. The highest BCUT2D eigenvalue weighted by Gasteiger charge is 2.31. The molecule has 1 N–H and O–H groups in total. The Morgan fingerprint density at radius 3 is 2.33 bits per heavy atom. The van der Waals surface area contributed by atoms with E-state index in [9.17, 15) is 13.2 Å². The highest BCUT2D eigenvalue weighted by atomic mass is 32.2. The normalized spacial score (nSPS) is 17.1. The molecule has 6 nitrogen and oxygen atoms in total. The Bertz CT molecular complexity index is 997. The van der Waals surface area contributed by atoms with Gasteiger partial charge in [-0.05, 0) is 53.1 Å². The molecule has 2 aromatic rings. The summed E-state index contributed by atoms with van der Waals surface area (Å²) in [5.74, 6) is -0.810. The molecule has 0 spiro atoms. The van der Waals surface area contributed by atoms with Crippen LogP contribution < -0.4 is 0 Å². The maximum Gasteiger partial charge on any atom is 0.303 e. The number of aryl methyl sites for hydroxylation is 1. The van der Waals surface area contributed by atoms with Crippen molar-refractivity contribution >= 4 is 16.0 Å². The maximum absolute atomic E-state index is 13.0. The molecule has 162 valence electrons. The van der Waals surface area contributed by atoms with Crippen molar-refractivity contribution in [3.63, 3.8) is 0 Å². The Kier molecular flexibility index (Phi) is 6.95. The summed E-state index contributed by atoms with van der Waals surface area (Å²) < 4.78 is 32.5. The van der Waals surface area contributed by atoms with E-state index in [0.29, 0.717) is 24.5 Å². The number of rotatable bonds is 10. The summed E-state index contributed by atoms with van der Waals surface area (Å²) in [6, 6.07) is 13.3. The minimum Gasteiger partial charge on any atom is -0.481 e. The number of epoxide rings is 1. The lowest BCUT2D eigenvalue weighted by Gasteiger charge is -2.19. The third kappa shape index (κ3) is 5.09. The molecule has 7 heteroatoms. The fraction of sp³-hybridized carbons (Fsp3) is 0.435. The smallest absolute Gasteiger partial charge is 0.303 e. The summed E-state index contributed by atoms with van der Waals surface area (Å²) in [4.78, 5) is 11.4. The van der Waals surface area contributed by atoms with Crippen molar-refractivity contribution < 1.29 is 23.1 Å². The van der Waals surface area contributed by atoms with Crippen LogP contribution in [0.2, 0.25) is 0 Å². The zero-order chi connectivity index (χ0) is 21.9. The number of carbonyl (C=O) groups is 1. The number of hydrogen-bond donors (Lipinski definition) is 1. The van der Waals surface area contributed by atoms with Gasteiger partial charge in [0, 0.05) is 13.6 Å². The molecule has 1 heterocycles. The molecule has 0 aliphatic carbocycles. The Labute approximate surface area is 178 Å². The molecule has 1 aliphatic heterocycles. The second-order valence-electron chi connectivity index (χ2n) is 7.74. The second kappa shape index (κ2) is 9.29. The minimum atomic E-state index is -3.57. The fourth-order valence-electron chi connectivity index (χ4n) is 3.67. The molecule has 0 saturated carbocycles. The fourth-order valence-corrected chi connectivity index (χ4v) is 5.14. The van der Waals surface area contributed by atoms with E-state index in [2.05, 4.69) is 0 Å². The molecule has 1 saturated heterocycles. The molecule has 30 heavy (non-hydrogen) atoms. The van der Waals surface area contributed by atoms with Crippen molar-refractivity contribution in [3.05, 3.63) is 53.6 Å². The summed E-state index contributed by atoms with van der Waals surface area (Å²) >= 11 is 0. The lowest BCUT2D eigenvalue weighted by molar-refractivity contribution is -0.137. The van der Waals surface area contributed by atoms with Crippen molar-refractivity contribution in [1.82, 2.24) is 4.31 Å². The number of nitrogens with zero attached hydrogens (tertiary/aromatic N) is 1. The standard InChI is InChI=1S/C23H29NO5S/c1-4-16(13-23(25)26)18-6-8-19(9-7-18)20-10-11-22(17(5-2)12-20)30(27,28)24(3)14-21-15-29-21/h6-12,16,21H,4-5,13-15H2,1-3H3,(H,25,26)/t16-,21?/m0/s1. The largest absolute Gasteiger partial charge is 0.481 e.